The smallest absolute Gasteiger partial charge is 0.322 e. The van der Waals surface area contributed by atoms with E-state index in [1.54, 1.807) is 32.4 Å². The molecule has 3 aromatic rings. The minimum atomic E-state index is -0.191. The Morgan fingerprint density at radius 3 is 2.68 bits per heavy atom. The molecule has 1 aliphatic heterocycles. The molecule has 1 N–H and O–H groups in total. The Morgan fingerprint density at radius 1 is 1.07 bits per heavy atom. The highest BCUT2D eigenvalue weighted by molar-refractivity contribution is 5.91. The molecule has 2 amide bonds. The first-order valence-corrected chi connectivity index (χ1v) is 9.17. The number of methoxy groups -OCH3 is 2. The van der Waals surface area contributed by atoms with Crippen LogP contribution in [0.15, 0.2) is 60.8 Å². The maximum absolute atomic E-state index is 13.2. The summed E-state index contributed by atoms with van der Waals surface area (Å²) in [5, 5.41) is 2.99. The molecule has 2 heterocycles. The third-order valence-electron chi connectivity index (χ3n) is 5.18. The third kappa shape index (κ3) is 3.07. The van der Waals surface area contributed by atoms with Crippen LogP contribution in [0.25, 0.3) is 5.69 Å². The van der Waals surface area contributed by atoms with Crippen molar-refractivity contribution >= 4 is 11.7 Å². The molecule has 0 aliphatic carbocycles. The molecule has 0 saturated carbocycles. The Morgan fingerprint density at radius 2 is 1.89 bits per heavy atom. The predicted octanol–water partition coefficient (Wildman–Crippen LogP) is 4.60. The zero-order valence-electron chi connectivity index (χ0n) is 16.2. The summed E-state index contributed by atoms with van der Waals surface area (Å²) in [6.07, 6.45) is 2.04. The fourth-order valence-electron chi connectivity index (χ4n) is 3.66. The number of rotatable bonds is 3. The number of carbonyl (C=O) groups is 1. The molecule has 1 atom stereocenters. The number of hydrogen-bond donors (Lipinski definition) is 1. The Hall–Kier alpha value is -3.41. The average molecular weight is 377 g/mol. The van der Waals surface area contributed by atoms with Gasteiger partial charge in [0.15, 0.2) is 0 Å². The first-order chi connectivity index (χ1) is 13.6. The quantitative estimate of drug-likeness (QED) is 0.726. The van der Waals surface area contributed by atoms with Gasteiger partial charge in [-0.3, -0.25) is 0 Å². The van der Waals surface area contributed by atoms with Gasteiger partial charge < -0.3 is 24.3 Å². The summed E-state index contributed by atoms with van der Waals surface area (Å²) in [6, 6.07) is 17.3. The molecule has 2 aromatic carbocycles. The Bertz CT molecular complexity index is 1010. The van der Waals surface area contributed by atoms with Crippen molar-refractivity contribution in [3.63, 3.8) is 0 Å². The van der Waals surface area contributed by atoms with Gasteiger partial charge in [0, 0.05) is 18.0 Å². The summed E-state index contributed by atoms with van der Waals surface area (Å²) in [4.78, 5) is 15.1. The highest BCUT2D eigenvalue weighted by Gasteiger charge is 2.29. The Balaban J connectivity index is 1.69. The second-order valence-corrected chi connectivity index (χ2v) is 6.73. The predicted molar refractivity (Wildman–Crippen MR) is 108 cm³/mol. The summed E-state index contributed by atoms with van der Waals surface area (Å²) >= 11 is 0. The number of urea groups is 1. The molecular weight excluding hydrogens is 354 g/mol. The SMILES string of the molecule is COc1ccc(OC)c(NC(=O)N2Cc3ccccc3-n3cccc3[C@@H]2C)c1. The largest absolute Gasteiger partial charge is 0.497 e. The second kappa shape index (κ2) is 7.31. The van der Waals surface area contributed by atoms with Crippen LogP contribution >= 0.6 is 0 Å². The van der Waals surface area contributed by atoms with Crippen molar-refractivity contribution in [2.24, 2.45) is 0 Å². The molecular formula is C22H23N3O3. The zero-order valence-corrected chi connectivity index (χ0v) is 16.2. The van der Waals surface area contributed by atoms with Gasteiger partial charge in [-0.05, 0) is 42.8 Å². The van der Waals surface area contributed by atoms with Crippen molar-refractivity contribution in [2.75, 3.05) is 19.5 Å². The molecule has 0 bridgehead atoms. The van der Waals surface area contributed by atoms with E-state index < -0.39 is 0 Å². The molecule has 28 heavy (non-hydrogen) atoms. The first kappa shape index (κ1) is 18.0. The van der Waals surface area contributed by atoms with Crippen molar-refractivity contribution in [3.05, 3.63) is 72.1 Å². The van der Waals surface area contributed by atoms with Crippen LogP contribution in [0.1, 0.15) is 24.2 Å². The lowest BCUT2D eigenvalue weighted by Crippen LogP contribution is -2.36. The van der Waals surface area contributed by atoms with Crippen LogP contribution in [0.2, 0.25) is 0 Å². The highest BCUT2D eigenvalue weighted by atomic mass is 16.5. The topological polar surface area (TPSA) is 55.7 Å². The minimum absolute atomic E-state index is 0.0981. The summed E-state index contributed by atoms with van der Waals surface area (Å²) in [5.74, 6) is 1.24. The van der Waals surface area contributed by atoms with Gasteiger partial charge in [0.05, 0.1) is 38.2 Å². The van der Waals surface area contributed by atoms with E-state index in [0.717, 1.165) is 16.9 Å². The first-order valence-electron chi connectivity index (χ1n) is 9.17. The molecule has 1 aliphatic rings. The van der Waals surface area contributed by atoms with Crippen LogP contribution in [0.5, 0.6) is 11.5 Å². The lowest BCUT2D eigenvalue weighted by Gasteiger charge is -2.28. The number of nitrogens with one attached hydrogen (secondary N) is 1. The average Bonchev–Trinajstić information content (AvgIpc) is 3.17. The fourth-order valence-corrected chi connectivity index (χ4v) is 3.66. The van der Waals surface area contributed by atoms with Crippen molar-refractivity contribution in [1.82, 2.24) is 9.47 Å². The lowest BCUT2D eigenvalue weighted by atomic mass is 10.1. The van der Waals surface area contributed by atoms with Crippen LogP contribution in [0, 0.1) is 0 Å². The van der Waals surface area contributed by atoms with Crippen molar-refractivity contribution < 1.29 is 14.3 Å². The van der Waals surface area contributed by atoms with Gasteiger partial charge in [-0.2, -0.15) is 0 Å². The van der Waals surface area contributed by atoms with Crippen molar-refractivity contribution in [1.29, 1.82) is 0 Å². The highest BCUT2D eigenvalue weighted by Crippen LogP contribution is 2.34. The van der Waals surface area contributed by atoms with E-state index >= 15 is 0 Å². The van der Waals surface area contributed by atoms with Crippen LogP contribution in [-0.4, -0.2) is 29.7 Å². The van der Waals surface area contributed by atoms with Crippen LogP contribution in [0.3, 0.4) is 0 Å². The van der Waals surface area contributed by atoms with Crippen molar-refractivity contribution in [3.8, 4) is 17.2 Å². The van der Waals surface area contributed by atoms with Gasteiger partial charge in [0.25, 0.3) is 0 Å². The van der Waals surface area contributed by atoms with E-state index in [0.29, 0.717) is 23.7 Å². The van der Waals surface area contributed by atoms with E-state index in [2.05, 4.69) is 28.1 Å². The molecule has 1 aromatic heterocycles. The number of benzene rings is 2. The summed E-state index contributed by atoms with van der Waals surface area (Å²) in [6.45, 7) is 2.55. The second-order valence-electron chi connectivity index (χ2n) is 6.73. The van der Waals surface area contributed by atoms with E-state index in [4.69, 9.17) is 9.47 Å². The van der Waals surface area contributed by atoms with Gasteiger partial charge in [-0.25, -0.2) is 4.79 Å². The molecule has 0 spiro atoms. The van der Waals surface area contributed by atoms with Crippen molar-refractivity contribution in [2.45, 2.75) is 19.5 Å². The molecule has 6 nitrogen and oxygen atoms in total. The normalized spacial score (nSPS) is 15.2. The number of carbonyl (C=O) groups excluding carboxylic acids is 1. The maximum atomic E-state index is 13.2. The number of para-hydroxylation sites is 1. The summed E-state index contributed by atoms with van der Waals surface area (Å²) in [7, 11) is 3.17. The number of anilines is 1. The minimum Gasteiger partial charge on any atom is -0.497 e. The molecule has 0 unspecified atom stereocenters. The number of hydrogen-bond acceptors (Lipinski definition) is 3. The van der Waals surface area contributed by atoms with E-state index in [-0.39, 0.29) is 12.1 Å². The summed E-state index contributed by atoms with van der Waals surface area (Å²) < 4.78 is 12.8. The molecule has 0 radical (unpaired) electrons. The molecule has 0 fully saturated rings. The standard InChI is InChI=1S/C22H23N3O3/c1-15-19-9-6-12-24(19)20-8-5-4-7-16(20)14-25(15)22(26)23-18-13-17(27-2)10-11-21(18)28-3/h4-13,15H,14H2,1-3H3,(H,23,26)/t15-/m0/s1. The number of nitrogens with zero attached hydrogens (tertiary/aromatic N) is 2. The number of aromatic nitrogens is 1. The molecule has 144 valence electrons. The molecule has 0 saturated heterocycles. The van der Waals surface area contributed by atoms with Gasteiger partial charge in [0.2, 0.25) is 0 Å². The summed E-state index contributed by atoms with van der Waals surface area (Å²) in [5.41, 5.74) is 3.84. The fraction of sp³-hybridized carbons (Fsp3) is 0.227. The number of ether oxygens (including phenoxy) is 2. The van der Waals surface area contributed by atoms with Gasteiger partial charge in [0.1, 0.15) is 11.5 Å². The van der Waals surface area contributed by atoms with Crippen LogP contribution in [0.4, 0.5) is 10.5 Å². The monoisotopic (exact) mass is 377 g/mol. The number of amides is 2. The lowest BCUT2D eigenvalue weighted by molar-refractivity contribution is 0.189. The van der Waals surface area contributed by atoms with Gasteiger partial charge in [-0.1, -0.05) is 18.2 Å². The number of fused-ring (bicyclic) bond motifs is 3. The zero-order chi connectivity index (χ0) is 19.7. The van der Waals surface area contributed by atoms with E-state index in [9.17, 15) is 4.79 Å². The third-order valence-corrected chi connectivity index (χ3v) is 5.18. The van der Waals surface area contributed by atoms with Gasteiger partial charge in [-0.15, -0.1) is 0 Å². The Labute approximate surface area is 164 Å². The van der Waals surface area contributed by atoms with E-state index in [1.807, 2.05) is 36.2 Å². The molecule has 4 rings (SSSR count). The maximum Gasteiger partial charge on any atom is 0.322 e. The van der Waals surface area contributed by atoms with Crippen LogP contribution < -0.4 is 14.8 Å². The molecule has 6 heteroatoms. The Kier molecular flexibility index (Phi) is 4.69. The van der Waals surface area contributed by atoms with E-state index in [1.165, 1.54) is 0 Å². The van der Waals surface area contributed by atoms with Gasteiger partial charge >= 0.3 is 6.03 Å². The van der Waals surface area contributed by atoms with Crippen LogP contribution in [-0.2, 0) is 6.54 Å².